The minimum atomic E-state index is -4.64. The molecule has 0 aromatic carbocycles. The van der Waals surface area contributed by atoms with Crippen molar-refractivity contribution in [3.05, 3.63) is 12.7 Å². The molecule has 0 fully saturated rings. The third kappa shape index (κ3) is 41.4. The molecule has 0 aromatic heterocycles. The summed E-state index contributed by atoms with van der Waals surface area (Å²) in [6, 6.07) is 0. The van der Waals surface area contributed by atoms with Crippen LogP contribution in [0.4, 0.5) is 0 Å². The number of unbranched alkanes of at least 4 members (excludes halogenated alkanes) is 15. The maximum Gasteiger partial charge on any atom is 0.466 e. The lowest BCUT2D eigenvalue weighted by atomic mass is 10.0. The van der Waals surface area contributed by atoms with Crippen molar-refractivity contribution >= 4 is 7.82 Å². The maximum absolute atomic E-state index is 8.88. The molecule has 164 valence electrons. The summed E-state index contributed by atoms with van der Waals surface area (Å²) in [6.45, 7) is 7.55. The Kier molecular flexibility index (Phi) is 25.6. The molecule has 0 bridgehead atoms. The second-order valence-corrected chi connectivity index (χ2v) is 8.21. The summed E-state index contributed by atoms with van der Waals surface area (Å²) in [5.74, 6) is 0. The Bertz CT molecular complexity index is 322. The van der Waals surface area contributed by atoms with Crippen LogP contribution >= 0.6 is 7.82 Å². The zero-order valence-corrected chi connectivity index (χ0v) is 18.5. The molecule has 0 radical (unpaired) electrons. The maximum atomic E-state index is 8.88. The van der Waals surface area contributed by atoms with Gasteiger partial charge < -0.3 is 19.4 Å². The van der Waals surface area contributed by atoms with Crippen LogP contribution in [0.5, 0.6) is 0 Å². The number of hydrogen-bond donors (Lipinski definition) is 3. The summed E-state index contributed by atoms with van der Waals surface area (Å²) >= 11 is 0. The second-order valence-electron chi connectivity index (χ2n) is 7.18. The Morgan fingerprint density at radius 3 is 1.30 bits per heavy atom. The minimum absolute atomic E-state index is 0.707. The van der Waals surface area contributed by atoms with E-state index in [4.69, 9.17) is 24.0 Å². The Balaban J connectivity index is 0. The lowest BCUT2D eigenvalue weighted by Crippen LogP contribution is -1.93. The molecule has 0 aliphatic heterocycles. The average molecular weight is 409 g/mol. The van der Waals surface area contributed by atoms with Gasteiger partial charge in [-0.05, 0) is 6.42 Å². The van der Waals surface area contributed by atoms with Crippen LogP contribution in [-0.4, -0.2) is 27.9 Å². The predicted octanol–water partition coefficient (Wildman–Crippen LogP) is 6.52. The smallest absolute Gasteiger partial charge is 0.377 e. The van der Waals surface area contributed by atoms with E-state index in [9.17, 15) is 0 Å². The Morgan fingerprint density at radius 1 is 0.704 bits per heavy atom. The van der Waals surface area contributed by atoms with Gasteiger partial charge in [-0.2, -0.15) is 0 Å². The first-order chi connectivity index (χ1) is 12.9. The molecule has 0 spiro atoms. The number of hydrogen-bond acceptors (Lipinski definition) is 2. The quantitative estimate of drug-likeness (QED) is 0.129. The van der Waals surface area contributed by atoms with Crippen LogP contribution in [0.1, 0.15) is 110 Å². The first-order valence-electron chi connectivity index (χ1n) is 10.9. The summed E-state index contributed by atoms with van der Waals surface area (Å²) in [5.41, 5.74) is 0. The topological polar surface area (TPSA) is 87.0 Å². The summed E-state index contributed by atoms with van der Waals surface area (Å²) in [5, 5.41) is 0. The first kappa shape index (κ1) is 29.0. The molecule has 0 heterocycles. The standard InChI is InChI=1S/C21H42O.H3O4P/c1-3-5-6-7-8-9-10-11-12-13-14-15-16-17-18-19-21-22-20-4-2;1-5(2,3)4/h4H,2-3,5-21H2,1H3;(H3,1,2,3,4). The van der Waals surface area contributed by atoms with Gasteiger partial charge >= 0.3 is 7.82 Å². The highest BCUT2D eigenvalue weighted by Crippen LogP contribution is 2.25. The van der Waals surface area contributed by atoms with E-state index < -0.39 is 7.82 Å². The normalized spacial score (nSPS) is 11.1. The molecular formula is C21H45O5P. The van der Waals surface area contributed by atoms with Gasteiger partial charge in [0, 0.05) is 6.61 Å². The fourth-order valence-electron chi connectivity index (χ4n) is 2.92. The molecule has 27 heavy (non-hydrogen) atoms. The van der Waals surface area contributed by atoms with Crippen molar-refractivity contribution in [1.82, 2.24) is 0 Å². The molecule has 0 aliphatic rings. The fraction of sp³-hybridized carbons (Fsp3) is 0.905. The predicted molar refractivity (Wildman–Crippen MR) is 115 cm³/mol. The summed E-state index contributed by atoms with van der Waals surface area (Å²) in [7, 11) is -4.64. The van der Waals surface area contributed by atoms with Crippen molar-refractivity contribution in [3.63, 3.8) is 0 Å². The highest BCUT2D eigenvalue weighted by Gasteiger charge is 2.00. The van der Waals surface area contributed by atoms with E-state index in [-0.39, 0.29) is 0 Å². The van der Waals surface area contributed by atoms with Crippen LogP contribution in [0, 0.1) is 0 Å². The van der Waals surface area contributed by atoms with Gasteiger partial charge in [0.25, 0.3) is 0 Å². The van der Waals surface area contributed by atoms with Crippen LogP contribution in [0.3, 0.4) is 0 Å². The molecule has 0 atom stereocenters. The molecule has 0 aromatic rings. The van der Waals surface area contributed by atoms with Gasteiger partial charge in [0.05, 0.1) is 6.61 Å². The molecule has 3 N–H and O–H groups in total. The fourth-order valence-corrected chi connectivity index (χ4v) is 2.92. The third-order valence-corrected chi connectivity index (χ3v) is 4.38. The van der Waals surface area contributed by atoms with E-state index in [0.717, 1.165) is 6.61 Å². The van der Waals surface area contributed by atoms with Gasteiger partial charge in [0.1, 0.15) is 0 Å². The van der Waals surface area contributed by atoms with E-state index >= 15 is 0 Å². The van der Waals surface area contributed by atoms with Crippen LogP contribution in [-0.2, 0) is 9.30 Å². The van der Waals surface area contributed by atoms with E-state index in [2.05, 4.69) is 13.5 Å². The van der Waals surface area contributed by atoms with Crippen LogP contribution in [0.2, 0.25) is 0 Å². The van der Waals surface area contributed by atoms with Crippen LogP contribution in [0.25, 0.3) is 0 Å². The van der Waals surface area contributed by atoms with Gasteiger partial charge in [0.15, 0.2) is 0 Å². The molecule has 0 saturated heterocycles. The molecule has 6 heteroatoms. The van der Waals surface area contributed by atoms with Gasteiger partial charge in [-0.1, -0.05) is 109 Å². The van der Waals surface area contributed by atoms with Crippen LogP contribution in [0.15, 0.2) is 12.7 Å². The molecule has 0 unspecified atom stereocenters. The molecule has 0 aliphatic carbocycles. The van der Waals surface area contributed by atoms with E-state index in [1.165, 1.54) is 103 Å². The number of phosphoric acid groups is 1. The molecule has 0 saturated carbocycles. The van der Waals surface area contributed by atoms with Gasteiger partial charge in [0.2, 0.25) is 0 Å². The van der Waals surface area contributed by atoms with Crippen LogP contribution < -0.4 is 0 Å². The lowest BCUT2D eigenvalue weighted by Gasteiger charge is -2.04. The molecule has 0 rings (SSSR count). The first-order valence-corrected chi connectivity index (χ1v) is 12.4. The Hall–Kier alpha value is -0.190. The second kappa shape index (κ2) is 23.8. The molecule has 5 nitrogen and oxygen atoms in total. The van der Waals surface area contributed by atoms with Crippen molar-refractivity contribution in [3.8, 4) is 0 Å². The van der Waals surface area contributed by atoms with Crippen molar-refractivity contribution in [1.29, 1.82) is 0 Å². The SMILES string of the molecule is C=CCOCCCCCCCCCCCCCCCCCC.O=P(O)(O)O. The van der Waals surface area contributed by atoms with Gasteiger partial charge in [-0.25, -0.2) is 4.57 Å². The highest BCUT2D eigenvalue weighted by molar-refractivity contribution is 7.45. The van der Waals surface area contributed by atoms with Crippen molar-refractivity contribution in [2.75, 3.05) is 13.2 Å². The summed E-state index contributed by atoms with van der Waals surface area (Å²) in [4.78, 5) is 21.6. The zero-order chi connectivity index (χ0) is 20.6. The highest BCUT2D eigenvalue weighted by atomic mass is 31.2. The van der Waals surface area contributed by atoms with Crippen molar-refractivity contribution < 1.29 is 24.0 Å². The van der Waals surface area contributed by atoms with Crippen molar-refractivity contribution in [2.24, 2.45) is 0 Å². The van der Waals surface area contributed by atoms with Gasteiger partial charge in [-0.15, -0.1) is 6.58 Å². The summed E-state index contributed by atoms with van der Waals surface area (Å²) < 4.78 is 14.3. The molecular weight excluding hydrogens is 363 g/mol. The number of rotatable bonds is 19. The lowest BCUT2D eigenvalue weighted by molar-refractivity contribution is 0.157. The number of ether oxygens (including phenoxy) is 1. The van der Waals surface area contributed by atoms with E-state index in [0.29, 0.717) is 6.61 Å². The summed E-state index contributed by atoms with van der Waals surface area (Å²) in [6.07, 6.45) is 24.6. The average Bonchev–Trinajstić information content (AvgIpc) is 2.59. The third-order valence-electron chi connectivity index (χ3n) is 4.38. The zero-order valence-electron chi connectivity index (χ0n) is 17.6. The Labute approximate surface area is 167 Å². The minimum Gasteiger partial charge on any atom is -0.377 e. The van der Waals surface area contributed by atoms with E-state index in [1.54, 1.807) is 0 Å². The molecule has 0 amide bonds. The monoisotopic (exact) mass is 408 g/mol. The Morgan fingerprint density at radius 2 is 1.00 bits per heavy atom. The van der Waals surface area contributed by atoms with Crippen molar-refractivity contribution in [2.45, 2.75) is 110 Å². The largest absolute Gasteiger partial charge is 0.466 e. The van der Waals surface area contributed by atoms with Gasteiger partial charge in [-0.3, -0.25) is 0 Å². The van der Waals surface area contributed by atoms with E-state index in [1.807, 2.05) is 6.08 Å².